The van der Waals surface area contributed by atoms with Crippen LogP contribution in [0.15, 0.2) is 24.5 Å². The number of nitrogen functional groups attached to an aromatic ring is 1. The Morgan fingerprint density at radius 2 is 1.96 bits per heavy atom. The highest BCUT2D eigenvalue weighted by molar-refractivity contribution is 7.96. The molecule has 1 aliphatic carbocycles. The van der Waals surface area contributed by atoms with Gasteiger partial charge in [-0.3, -0.25) is 9.29 Å². The van der Waals surface area contributed by atoms with Gasteiger partial charge in [0.2, 0.25) is 0 Å². The van der Waals surface area contributed by atoms with Gasteiger partial charge in [0, 0.05) is 24.2 Å². The predicted octanol–water partition coefficient (Wildman–Crippen LogP) is 4.50. The molecule has 7 heteroatoms. The lowest BCUT2D eigenvalue weighted by Crippen LogP contribution is -2.31. The highest BCUT2D eigenvalue weighted by Gasteiger charge is 2.28. The minimum absolute atomic E-state index is 0.323. The first kappa shape index (κ1) is 19.5. The Labute approximate surface area is 170 Å². The molecule has 1 saturated heterocycles. The van der Waals surface area contributed by atoms with Gasteiger partial charge in [-0.2, -0.15) is 0 Å². The van der Waals surface area contributed by atoms with E-state index in [0.29, 0.717) is 41.3 Å². The number of rotatable bonds is 6. The topological polar surface area (TPSA) is 64.3 Å². The molecule has 1 aromatic heterocycles. The highest BCUT2D eigenvalue weighted by atomic mass is 32.2. The summed E-state index contributed by atoms with van der Waals surface area (Å²) in [5.41, 5.74) is 7.51. The number of anilines is 1. The molecule has 150 valence electrons. The summed E-state index contributed by atoms with van der Waals surface area (Å²) >= 11 is 1.79. The number of nitrogens with zero attached hydrogens (tertiary/aromatic N) is 3. The van der Waals surface area contributed by atoms with Crippen molar-refractivity contribution in [1.29, 1.82) is 0 Å². The molecule has 0 atom stereocenters. The molecule has 1 aromatic carbocycles. The average Bonchev–Trinajstić information content (AvgIpc) is 2.68. The Balaban J connectivity index is 1.56. The van der Waals surface area contributed by atoms with Gasteiger partial charge in [-0.1, -0.05) is 24.4 Å². The van der Waals surface area contributed by atoms with E-state index < -0.39 is 0 Å². The SMILES string of the molecule is CSN1CCC(COc2c(C3CCC3)ccc(-c3cnc(N)cn3)c2F)CC1. The largest absolute Gasteiger partial charge is 0.490 e. The van der Waals surface area contributed by atoms with Crippen molar-refractivity contribution in [2.24, 2.45) is 5.92 Å². The van der Waals surface area contributed by atoms with Gasteiger partial charge in [-0.05, 0) is 49.8 Å². The quantitative estimate of drug-likeness (QED) is 0.718. The second kappa shape index (κ2) is 8.66. The standard InChI is InChI=1S/C21H27FN4OS/c1-28-26-9-7-14(8-10-26)13-27-21-16(15-3-2-4-15)5-6-17(20(21)22)18-11-25-19(23)12-24-18/h5-6,11-12,14-15H,2-4,7-10,13H2,1H3,(H2,23,25). The summed E-state index contributed by atoms with van der Waals surface area (Å²) in [5.74, 6) is 1.27. The second-order valence-electron chi connectivity index (χ2n) is 7.67. The van der Waals surface area contributed by atoms with Crippen LogP contribution in [0, 0.1) is 11.7 Å². The van der Waals surface area contributed by atoms with Crippen molar-refractivity contribution in [3.8, 4) is 17.0 Å². The molecule has 2 N–H and O–H groups in total. The Bertz CT molecular complexity index is 805. The van der Waals surface area contributed by atoms with Gasteiger partial charge in [0.15, 0.2) is 11.6 Å². The van der Waals surface area contributed by atoms with E-state index in [9.17, 15) is 0 Å². The third kappa shape index (κ3) is 4.10. The molecule has 2 aliphatic rings. The van der Waals surface area contributed by atoms with Crippen molar-refractivity contribution in [2.45, 2.75) is 38.0 Å². The number of hydrogen-bond acceptors (Lipinski definition) is 6. The molecule has 0 bridgehead atoms. The molecule has 2 aromatic rings. The van der Waals surface area contributed by atoms with Crippen molar-refractivity contribution in [2.75, 3.05) is 31.7 Å². The maximum atomic E-state index is 15.5. The van der Waals surface area contributed by atoms with Crippen molar-refractivity contribution in [3.05, 3.63) is 35.9 Å². The van der Waals surface area contributed by atoms with E-state index >= 15 is 4.39 Å². The number of nitrogens with two attached hydrogens (primary N) is 1. The third-order valence-corrected chi connectivity index (χ3v) is 6.80. The molecule has 5 nitrogen and oxygen atoms in total. The average molecular weight is 403 g/mol. The van der Waals surface area contributed by atoms with Crippen LogP contribution >= 0.6 is 11.9 Å². The number of hydrogen-bond donors (Lipinski definition) is 1. The summed E-state index contributed by atoms with van der Waals surface area (Å²) in [6.45, 7) is 2.69. The zero-order valence-corrected chi connectivity index (χ0v) is 17.1. The van der Waals surface area contributed by atoms with Crippen LogP contribution in [-0.2, 0) is 0 Å². The van der Waals surface area contributed by atoms with Gasteiger partial charge in [-0.25, -0.2) is 9.37 Å². The predicted molar refractivity (Wildman–Crippen MR) is 112 cm³/mol. The smallest absolute Gasteiger partial charge is 0.174 e. The van der Waals surface area contributed by atoms with E-state index in [-0.39, 0.29) is 5.82 Å². The second-order valence-corrected chi connectivity index (χ2v) is 8.55. The molecular weight excluding hydrogens is 375 g/mol. The van der Waals surface area contributed by atoms with Gasteiger partial charge in [-0.15, -0.1) is 0 Å². The summed E-state index contributed by atoms with van der Waals surface area (Å²) in [7, 11) is 0. The van der Waals surface area contributed by atoms with Crippen LogP contribution < -0.4 is 10.5 Å². The lowest BCUT2D eigenvalue weighted by molar-refractivity contribution is 0.183. The fraction of sp³-hybridized carbons (Fsp3) is 0.524. The number of aromatic nitrogens is 2. The van der Waals surface area contributed by atoms with Crippen LogP contribution in [0.4, 0.5) is 10.2 Å². The summed E-state index contributed by atoms with van der Waals surface area (Å²) in [5, 5.41) is 0. The Kier molecular flexibility index (Phi) is 6.01. The molecule has 2 fully saturated rings. The zero-order valence-electron chi connectivity index (χ0n) is 16.2. The lowest BCUT2D eigenvalue weighted by Gasteiger charge is -2.31. The molecule has 28 heavy (non-hydrogen) atoms. The molecule has 0 amide bonds. The summed E-state index contributed by atoms with van der Waals surface area (Å²) in [6, 6.07) is 3.80. The molecule has 1 aliphatic heterocycles. The monoisotopic (exact) mass is 402 g/mol. The third-order valence-electron chi connectivity index (χ3n) is 5.92. The molecule has 2 heterocycles. The molecule has 1 saturated carbocycles. The molecule has 4 rings (SSSR count). The first-order valence-corrected chi connectivity index (χ1v) is 11.2. The van der Waals surface area contributed by atoms with E-state index in [1.165, 1.54) is 18.8 Å². The minimum Gasteiger partial charge on any atom is -0.490 e. The Morgan fingerprint density at radius 1 is 1.18 bits per heavy atom. The van der Waals surface area contributed by atoms with E-state index in [4.69, 9.17) is 10.5 Å². The van der Waals surface area contributed by atoms with Crippen LogP contribution in [0.1, 0.15) is 43.6 Å². The van der Waals surface area contributed by atoms with Crippen LogP contribution in [0.3, 0.4) is 0 Å². The fourth-order valence-corrected chi connectivity index (χ4v) is 4.47. The fourth-order valence-electron chi connectivity index (χ4n) is 3.89. The normalized spacial score (nSPS) is 18.8. The molecule has 0 unspecified atom stereocenters. The molecule has 0 spiro atoms. The van der Waals surface area contributed by atoms with E-state index in [1.54, 1.807) is 18.0 Å². The molecule has 0 radical (unpaired) electrons. The molecular formula is C21H27FN4OS. The van der Waals surface area contributed by atoms with E-state index in [0.717, 1.165) is 44.3 Å². The van der Waals surface area contributed by atoms with Gasteiger partial charge in [0.05, 0.1) is 24.7 Å². The Morgan fingerprint density at radius 3 is 2.57 bits per heavy atom. The van der Waals surface area contributed by atoms with Crippen LogP contribution in [0.5, 0.6) is 5.75 Å². The number of halogens is 1. The number of ether oxygens (including phenoxy) is 1. The van der Waals surface area contributed by atoms with Crippen LogP contribution in [0.25, 0.3) is 11.3 Å². The summed E-state index contributed by atoms with van der Waals surface area (Å²) in [4.78, 5) is 8.28. The number of benzene rings is 1. The maximum Gasteiger partial charge on any atom is 0.174 e. The van der Waals surface area contributed by atoms with E-state index in [1.807, 2.05) is 6.07 Å². The van der Waals surface area contributed by atoms with Gasteiger partial charge in [0.25, 0.3) is 0 Å². The van der Waals surface area contributed by atoms with Gasteiger partial charge < -0.3 is 10.5 Å². The lowest BCUT2D eigenvalue weighted by atomic mass is 9.79. The van der Waals surface area contributed by atoms with Crippen molar-refractivity contribution in [1.82, 2.24) is 14.3 Å². The van der Waals surface area contributed by atoms with Crippen LogP contribution in [-0.4, -0.2) is 40.2 Å². The van der Waals surface area contributed by atoms with Crippen molar-refractivity contribution < 1.29 is 9.13 Å². The Hall–Kier alpha value is -1.86. The van der Waals surface area contributed by atoms with Crippen LogP contribution in [0.2, 0.25) is 0 Å². The summed E-state index contributed by atoms with van der Waals surface area (Å²) < 4.78 is 24.0. The van der Waals surface area contributed by atoms with Gasteiger partial charge in [0.1, 0.15) is 5.82 Å². The summed E-state index contributed by atoms with van der Waals surface area (Å²) in [6.07, 6.45) is 10.7. The zero-order chi connectivity index (χ0) is 19.5. The number of piperidine rings is 1. The van der Waals surface area contributed by atoms with Crippen molar-refractivity contribution in [3.63, 3.8) is 0 Å². The highest BCUT2D eigenvalue weighted by Crippen LogP contribution is 2.44. The first-order chi connectivity index (χ1) is 13.7. The van der Waals surface area contributed by atoms with Gasteiger partial charge >= 0.3 is 0 Å². The first-order valence-electron chi connectivity index (χ1n) is 9.98. The maximum absolute atomic E-state index is 15.5. The van der Waals surface area contributed by atoms with Crippen molar-refractivity contribution >= 4 is 17.8 Å². The minimum atomic E-state index is -0.329. The van der Waals surface area contributed by atoms with E-state index in [2.05, 4.69) is 20.5 Å².